The van der Waals surface area contributed by atoms with E-state index in [4.69, 9.17) is 9.47 Å². The predicted octanol–water partition coefficient (Wildman–Crippen LogP) is 4.66. The highest BCUT2D eigenvalue weighted by Crippen LogP contribution is 2.35. The van der Waals surface area contributed by atoms with Crippen LogP contribution in [-0.4, -0.2) is 30.6 Å². The van der Waals surface area contributed by atoms with Gasteiger partial charge in [0.05, 0.1) is 12.2 Å². The van der Waals surface area contributed by atoms with Gasteiger partial charge in [-0.25, -0.2) is 4.79 Å². The summed E-state index contributed by atoms with van der Waals surface area (Å²) < 4.78 is 10.00. The van der Waals surface area contributed by atoms with Gasteiger partial charge < -0.3 is 14.8 Å². The molecule has 2 atom stereocenters. The lowest BCUT2D eigenvalue weighted by molar-refractivity contribution is -0.150. The number of nitrogens with one attached hydrogen (secondary N) is 1. The van der Waals surface area contributed by atoms with E-state index in [1.807, 2.05) is 0 Å². The van der Waals surface area contributed by atoms with Crippen molar-refractivity contribution in [1.82, 2.24) is 0 Å². The Hall–Kier alpha value is -2.15. The van der Waals surface area contributed by atoms with Crippen LogP contribution >= 0.6 is 11.3 Å². The highest BCUT2D eigenvalue weighted by molar-refractivity contribution is 7.16. The van der Waals surface area contributed by atoms with Crippen LogP contribution in [0.5, 0.6) is 0 Å². The minimum absolute atomic E-state index is 0.232. The van der Waals surface area contributed by atoms with Gasteiger partial charge in [0.15, 0.2) is 6.10 Å². The second-order valence-corrected chi connectivity index (χ2v) is 7.70. The first-order valence-corrected chi connectivity index (χ1v) is 9.89. The lowest BCUT2D eigenvalue weighted by atomic mass is 10.0. The number of ether oxygens (including phenoxy) is 2. The summed E-state index contributed by atoms with van der Waals surface area (Å²) in [5.41, 5.74) is 1.60. The molecule has 0 radical (unpaired) electrons. The predicted molar refractivity (Wildman–Crippen MR) is 107 cm³/mol. The molecule has 6 nitrogen and oxygen atoms in total. The largest absolute Gasteiger partial charge is 0.462 e. The van der Waals surface area contributed by atoms with Gasteiger partial charge in [-0.1, -0.05) is 18.6 Å². The van der Waals surface area contributed by atoms with Crippen LogP contribution in [0.4, 0.5) is 5.00 Å². The Morgan fingerprint density at radius 2 is 1.89 bits per heavy atom. The molecule has 27 heavy (non-hydrogen) atoms. The van der Waals surface area contributed by atoms with E-state index in [-0.39, 0.29) is 12.5 Å². The van der Waals surface area contributed by atoms with Gasteiger partial charge in [-0.2, -0.15) is 0 Å². The summed E-state index contributed by atoms with van der Waals surface area (Å²) in [6.07, 6.45) is 3.12. The molecule has 1 N–H and O–H groups in total. The number of allylic oxidation sites excluding steroid dienone is 2. The van der Waals surface area contributed by atoms with Crippen LogP contribution in [0.25, 0.3) is 0 Å². The number of rotatable bonds is 9. The van der Waals surface area contributed by atoms with Crippen molar-refractivity contribution in [3.8, 4) is 0 Å². The molecule has 1 rings (SSSR count). The van der Waals surface area contributed by atoms with Gasteiger partial charge in [0, 0.05) is 11.8 Å². The van der Waals surface area contributed by atoms with Gasteiger partial charge in [0.25, 0.3) is 5.91 Å². The fourth-order valence-corrected chi connectivity index (χ4v) is 3.52. The summed E-state index contributed by atoms with van der Waals surface area (Å²) >= 11 is 1.35. The molecule has 0 aromatic carbocycles. The quantitative estimate of drug-likeness (QED) is 0.485. The molecule has 150 valence electrons. The first-order valence-electron chi connectivity index (χ1n) is 9.07. The number of thiophene rings is 1. The number of hydrogen-bond donors (Lipinski definition) is 1. The molecular weight excluding hydrogens is 366 g/mol. The molecule has 0 aliphatic rings. The minimum Gasteiger partial charge on any atom is -0.462 e. The molecule has 7 heteroatoms. The Bertz CT molecular complexity index is 703. The molecule has 0 fully saturated rings. The second kappa shape index (κ2) is 10.9. The van der Waals surface area contributed by atoms with Gasteiger partial charge in [0.1, 0.15) is 5.00 Å². The summed E-state index contributed by atoms with van der Waals surface area (Å²) in [5.74, 6) is -1.27. The van der Waals surface area contributed by atoms with E-state index in [1.54, 1.807) is 13.0 Å². The highest BCUT2D eigenvalue weighted by atomic mass is 32.1. The van der Waals surface area contributed by atoms with Crippen molar-refractivity contribution in [1.29, 1.82) is 0 Å². The molecule has 0 unspecified atom stereocenters. The van der Waals surface area contributed by atoms with Crippen molar-refractivity contribution in [3.63, 3.8) is 0 Å². The molecule has 0 spiro atoms. The zero-order valence-electron chi connectivity index (χ0n) is 16.9. The lowest BCUT2D eigenvalue weighted by Crippen LogP contribution is -2.29. The first-order chi connectivity index (χ1) is 12.6. The summed E-state index contributed by atoms with van der Waals surface area (Å²) in [6.45, 7) is 10.9. The number of anilines is 1. The third-order valence-electron chi connectivity index (χ3n) is 3.83. The zero-order chi connectivity index (χ0) is 20.6. The normalized spacial score (nSPS) is 12.7. The molecule has 1 aromatic heterocycles. The zero-order valence-corrected chi connectivity index (χ0v) is 17.7. The smallest absolute Gasteiger partial charge is 0.341 e. The fraction of sp³-hybridized carbons (Fsp3) is 0.550. The number of carbonyl (C=O) groups excluding carboxylic acids is 3. The van der Waals surface area contributed by atoms with E-state index in [2.05, 4.69) is 32.2 Å². The molecule has 1 amide bonds. The van der Waals surface area contributed by atoms with Crippen molar-refractivity contribution in [2.75, 3.05) is 11.9 Å². The van der Waals surface area contributed by atoms with Crippen LogP contribution in [0.1, 0.15) is 75.5 Å². The van der Waals surface area contributed by atoms with Crippen LogP contribution in [0.15, 0.2) is 17.7 Å². The van der Waals surface area contributed by atoms with E-state index in [1.165, 1.54) is 30.8 Å². The maximum absolute atomic E-state index is 12.3. The van der Waals surface area contributed by atoms with Crippen molar-refractivity contribution >= 4 is 34.2 Å². The van der Waals surface area contributed by atoms with Gasteiger partial charge in [-0.3, -0.25) is 9.59 Å². The Balaban J connectivity index is 3.01. The standard InChI is InChI=1S/C20H29NO5S/c1-7-25-20(24)16-11-17(13(4)10-8-9-12(2)3)27-19(16)21-18(23)14(5)26-15(6)22/h9,11,13-14H,7-8,10H2,1-6H3,(H,21,23)/t13-,14-/m0/s1. The van der Waals surface area contributed by atoms with Crippen LogP contribution in [-0.2, 0) is 19.1 Å². The Kier molecular flexibility index (Phi) is 9.21. The second-order valence-electron chi connectivity index (χ2n) is 6.61. The van der Waals surface area contributed by atoms with Crippen LogP contribution in [0.3, 0.4) is 0 Å². The van der Waals surface area contributed by atoms with Crippen molar-refractivity contribution in [2.24, 2.45) is 0 Å². The highest BCUT2D eigenvalue weighted by Gasteiger charge is 2.24. The summed E-state index contributed by atoms with van der Waals surface area (Å²) in [5, 5.41) is 3.11. The van der Waals surface area contributed by atoms with E-state index in [9.17, 15) is 14.4 Å². The van der Waals surface area contributed by atoms with E-state index in [0.717, 1.165) is 17.7 Å². The van der Waals surface area contributed by atoms with Crippen molar-refractivity contribution in [3.05, 3.63) is 28.2 Å². The van der Waals surface area contributed by atoms with Gasteiger partial charge >= 0.3 is 11.9 Å². The van der Waals surface area contributed by atoms with Crippen LogP contribution in [0, 0.1) is 0 Å². The number of carbonyl (C=O) groups is 3. The molecule has 0 aliphatic heterocycles. The first kappa shape index (κ1) is 22.9. The van der Waals surface area contributed by atoms with Crippen molar-refractivity contribution in [2.45, 2.75) is 66.4 Å². The Morgan fingerprint density at radius 1 is 1.22 bits per heavy atom. The maximum atomic E-state index is 12.3. The molecular formula is C20H29NO5S. The van der Waals surface area contributed by atoms with E-state index in [0.29, 0.717) is 10.6 Å². The molecule has 0 aliphatic carbocycles. The fourth-order valence-electron chi connectivity index (χ4n) is 2.39. The Morgan fingerprint density at radius 3 is 2.44 bits per heavy atom. The third-order valence-corrected chi connectivity index (χ3v) is 5.12. The Labute approximate surface area is 164 Å². The van der Waals surface area contributed by atoms with Gasteiger partial charge in [-0.15, -0.1) is 11.3 Å². The van der Waals surface area contributed by atoms with E-state index >= 15 is 0 Å². The average Bonchev–Trinajstić information content (AvgIpc) is 2.98. The number of hydrogen-bond acceptors (Lipinski definition) is 6. The van der Waals surface area contributed by atoms with Crippen LogP contribution < -0.4 is 5.32 Å². The molecule has 1 heterocycles. The molecule has 0 bridgehead atoms. The summed E-state index contributed by atoms with van der Waals surface area (Å²) in [7, 11) is 0. The molecule has 0 saturated heterocycles. The third kappa shape index (κ3) is 7.54. The van der Waals surface area contributed by atoms with E-state index < -0.39 is 23.9 Å². The van der Waals surface area contributed by atoms with Gasteiger partial charge in [-0.05, 0) is 52.5 Å². The van der Waals surface area contributed by atoms with Crippen molar-refractivity contribution < 1.29 is 23.9 Å². The monoisotopic (exact) mass is 395 g/mol. The average molecular weight is 396 g/mol. The number of esters is 2. The summed E-state index contributed by atoms with van der Waals surface area (Å²) in [4.78, 5) is 36.6. The molecule has 0 saturated carbocycles. The summed E-state index contributed by atoms with van der Waals surface area (Å²) in [6, 6.07) is 1.78. The van der Waals surface area contributed by atoms with Gasteiger partial charge in [0.2, 0.25) is 0 Å². The SMILES string of the molecule is CCOC(=O)c1cc([C@@H](C)CCC=C(C)C)sc1NC(=O)[C@H](C)OC(C)=O. The van der Waals surface area contributed by atoms with Crippen LogP contribution in [0.2, 0.25) is 0 Å². The maximum Gasteiger partial charge on any atom is 0.341 e. The number of amides is 1. The minimum atomic E-state index is -0.946. The lowest BCUT2D eigenvalue weighted by Gasteiger charge is -2.12. The molecule has 1 aromatic rings. The topological polar surface area (TPSA) is 81.7 Å².